The molecule has 0 bridgehead atoms. The topological polar surface area (TPSA) is 3.24 Å². The van der Waals surface area contributed by atoms with Crippen molar-refractivity contribution in [2.24, 2.45) is 5.92 Å². The maximum Gasteiger partial charge on any atom is 0.0413 e. The minimum Gasteiger partial charge on any atom is -0.338 e. The molecule has 3 rings (SSSR count). The average molecular weight is 336 g/mol. The number of rotatable bonds is 6. The van der Waals surface area contributed by atoms with Gasteiger partial charge < -0.3 is 4.90 Å². The molecule has 1 fully saturated rings. The van der Waals surface area contributed by atoms with Gasteiger partial charge in [-0.15, -0.1) is 0 Å². The fourth-order valence-corrected chi connectivity index (χ4v) is 4.28. The van der Waals surface area contributed by atoms with Gasteiger partial charge in [0.1, 0.15) is 0 Å². The van der Waals surface area contributed by atoms with Crippen molar-refractivity contribution in [3.8, 4) is 0 Å². The molecule has 0 radical (unpaired) electrons. The number of para-hydroxylation sites is 1. The third-order valence-corrected chi connectivity index (χ3v) is 5.75. The van der Waals surface area contributed by atoms with E-state index in [0.717, 1.165) is 5.92 Å². The van der Waals surface area contributed by atoms with Gasteiger partial charge >= 0.3 is 0 Å². The van der Waals surface area contributed by atoms with Gasteiger partial charge in [-0.1, -0.05) is 63.9 Å². The van der Waals surface area contributed by atoms with Crippen LogP contribution in [0, 0.1) is 5.92 Å². The number of hydrogen-bond donors (Lipinski definition) is 0. The van der Waals surface area contributed by atoms with E-state index in [1.807, 2.05) is 0 Å². The lowest BCUT2D eigenvalue weighted by molar-refractivity contribution is 0.307. The zero-order valence-electron chi connectivity index (χ0n) is 16.1. The van der Waals surface area contributed by atoms with E-state index in [1.165, 1.54) is 55.5 Å². The zero-order chi connectivity index (χ0) is 17.6. The highest BCUT2D eigenvalue weighted by Crippen LogP contribution is 2.37. The highest BCUT2D eigenvalue weighted by molar-refractivity contribution is 5.64. The van der Waals surface area contributed by atoms with Gasteiger partial charge in [-0.3, -0.25) is 0 Å². The van der Waals surface area contributed by atoms with Gasteiger partial charge in [0.25, 0.3) is 0 Å². The summed E-state index contributed by atoms with van der Waals surface area (Å²) < 4.78 is 0. The summed E-state index contributed by atoms with van der Waals surface area (Å²) in [7, 11) is 0. The molecule has 1 heteroatoms. The van der Waals surface area contributed by atoms with E-state index in [4.69, 9.17) is 0 Å². The predicted molar refractivity (Wildman–Crippen MR) is 110 cm³/mol. The van der Waals surface area contributed by atoms with Crippen molar-refractivity contribution in [2.45, 2.75) is 71.3 Å². The number of anilines is 2. The predicted octanol–water partition coefficient (Wildman–Crippen LogP) is 7.31. The molecule has 1 aliphatic carbocycles. The Morgan fingerprint density at radius 1 is 0.840 bits per heavy atom. The minimum atomic E-state index is 0.587. The summed E-state index contributed by atoms with van der Waals surface area (Å²) in [5.74, 6) is 1.53. The molecule has 0 unspecified atom stereocenters. The van der Waals surface area contributed by atoms with Crippen LogP contribution in [0.4, 0.5) is 11.4 Å². The van der Waals surface area contributed by atoms with Gasteiger partial charge in [-0.25, -0.2) is 0 Å². The molecule has 1 nitrogen and oxygen atoms in total. The molecule has 0 amide bonds. The van der Waals surface area contributed by atoms with Gasteiger partial charge in [-0.2, -0.15) is 0 Å². The van der Waals surface area contributed by atoms with E-state index in [9.17, 15) is 0 Å². The van der Waals surface area contributed by atoms with Crippen molar-refractivity contribution < 1.29 is 0 Å². The van der Waals surface area contributed by atoms with Gasteiger partial charge in [-0.05, 0) is 67.3 Å². The molecular weight excluding hydrogens is 302 g/mol. The Labute approximate surface area is 154 Å². The molecule has 134 valence electrons. The molecule has 0 heterocycles. The molecule has 0 saturated heterocycles. The molecule has 2 aromatic rings. The summed E-state index contributed by atoms with van der Waals surface area (Å²) in [6.45, 7) is 6.84. The maximum atomic E-state index is 2.59. The molecule has 0 spiro atoms. The summed E-state index contributed by atoms with van der Waals surface area (Å²) in [4.78, 5) is 2.59. The fraction of sp³-hybridized carbons (Fsp3) is 0.500. The zero-order valence-corrected chi connectivity index (χ0v) is 16.1. The molecule has 2 aromatic carbocycles. The maximum absolute atomic E-state index is 2.59. The van der Waals surface area contributed by atoms with E-state index < -0.39 is 0 Å². The van der Waals surface area contributed by atoms with Crippen LogP contribution in [-0.2, 0) is 0 Å². The van der Waals surface area contributed by atoms with E-state index in [1.54, 1.807) is 0 Å². The monoisotopic (exact) mass is 335 g/mol. The molecule has 1 aliphatic rings. The third kappa shape index (κ3) is 4.45. The van der Waals surface area contributed by atoms with Crippen molar-refractivity contribution in [2.75, 3.05) is 4.90 Å². The van der Waals surface area contributed by atoms with E-state index in [0.29, 0.717) is 12.0 Å². The normalized spacial score (nSPS) is 20.6. The van der Waals surface area contributed by atoms with Crippen molar-refractivity contribution in [1.82, 2.24) is 0 Å². The van der Waals surface area contributed by atoms with Crippen LogP contribution < -0.4 is 4.90 Å². The summed E-state index contributed by atoms with van der Waals surface area (Å²) in [5.41, 5.74) is 4.09. The second-order valence-electron chi connectivity index (χ2n) is 7.92. The summed E-state index contributed by atoms with van der Waals surface area (Å²) >= 11 is 0. The van der Waals surface area contributed by atoms with Crippen molar-refractivity contribution in [3.63, 3.8) is 0 Å². The SMILES string of the molecule is CCCC1CCC(N(c2ccccc2)c2ccc(C(C)C)cc2)CC1. The molecular formula is C24H33N. The lowest BCUT2D eigenvalue weighted by atomic mass is 9.82. The first-order valence-electron chi connectivity index (χ1n) is 10.1. The number of hydrogen-bond acceptors (Lipinski definition) is 1. The summed E-state index contributed by atoms with van der Waals surface area (Å²) in [6, 6.07) is 20.8. The third-order valence-electron chi connectivity index (χ3n) is 5.75. The van der Waals surface area contributed by atoms with Crippen molar-refractivity contribution in [3.05, 3.63) is 60.2 Å². The second kappa shape index (κ2) is 8.56. The fourth-order valence-electron chi connectivity index (χ4n) is 4.28. The van der Waals surface area contributed by atoms with Crippen LogP contribution in [0.1, 0.15) is 70.8 Å². The largest absolute Gasteiger partial charge is 0.338 e. The van der Waals surface area contributed by atoms with Crippen LogP contribution in [-0.4, -0.2) is 6.04 Å². The van der Waals surface area contributed by atoms with Gasteiger partial charge in [0.15, 0.2) is 0 Å². The number of benzene rings is 2. The quantitative estimate of drug-likeness (QED) is 0.535. The van der Waals surface area contributed by atoms with Crippen LogP contribution in [0.25, 0.3) is 0 Å². The Hall–Kier alpha value is -1.76. The highest BCUT2D eigenvalue weighted by Gasteiger charge is 2.26. The Balaban J connectivity index is 1.84. The average Bonchev–Trinajstić information content (AvgIpc) is 2.65. The first-order chi connectivity index (χ1) is 12.2. The Bertz CT molecular complexity index is 621. The van der Waals surface area contributed by atoms with Gasteiger partial charge in [0, 0.05) is 17.4 Å². The Morgan fingerprint density at radius 2 is 1.44 bits per heavy atom. The van der Waals surface area contributed by atoms with E-state index >= 15 is 0 Å². The molecule has 0 atom stereocenters. The van der Waals surface area contributed by atoms with Crippen molar-refractivity contribution in [1.29, 1.82) is 0 Å². The molecule has 25 heavy (non-hydrogen) atoms. The molecule has 1 saturated carbocycles. The smallest absolute Gasteiger partial charge is 0.0413 e. The lowest BCUT2D eigenvalue weighted by Gasteiger charge is -2.38. The van der Waals surface area contributed by atoms with Crippen LogP contribution >= 0.6 is 0 Å². The minimum absolute atomic E-state index is 0.587. The van der Waals surface area contributed by atoms with Gasteiger partial charge in [0.2, 0.25) is 0 Å². The van der Waals surface area contributed by atoms with E-state index in [-0.39, 0.29) is 0 Å². The first-order valence-corrected chi connectivity index (χ1v) is 10.1. The van der Waals surface area contributed by atoms with Gasteiger partial charge in [0.05, 0.1) is 0 Å². The summed E-state index contributed by atoms with van der Waals surface area (Å²) in [6.07, 6.45) is 8.12. The van der Waals surface area contributed by atoms with E-state index in [2.05, 4.69) is 80.3 Å². The van der Waals surface area contributed by atoms with Crippen molar-refractivity contribution >= 4 is 11.4 Å². The lowest BCUT2D eigenvalue weighted by Crippen LogP contribution is -2.34. The standard InChI is InChI=1S/C24H33N/c1-4-8-20-11-15-23(16-12-20)25(22-9-6-5-7-10-22)24-17-13-21(14-18-24)19(2)3/h5-7,9-10,13-14,17-20,23H,4,8,11-12,15-16H2,1-3H3. The van der Waals surface area contributed by atoms with Crippen LogP contribution in [0.2, 0.25) is 0 Å². The molecule has 0 N–H and O–H groups in total. The van der Waals surface area contributed by atoms with Crippen LogP contribution in [0.3, 0.4) is 0 Å². The molecule has 0 aliphatic heterocycles. The Morgan fingerprint density at radius 3 is 2.00 bits per heavy atom. The van der Waals surface area contributed by atoms with Crippen LogP contribution in [0.15, 0.2) is 54.6 Å². The second-order valence-corrected chi connectivity index (χ2v) is 7.92. The number of nitrogens with zero attached hydrogens (tertiary/aromatic N) is 1. The first kappa shape index (κ1) is 18.0. The highest BCUT2D eigenvalue weighted by atomic mass is 15.2. The summed E-state index contributed by atoms with van der Waals surface area (Å²) in [5, 5.41) is 0. The Kier molecular flexibility index (Phi) is 6.18. The van der Waals surface area contributed by atoms with Crippen LogP contribution in [0.5, 0.6) is 0 Å². The molecule has 0 aromatic heterocycles.